The number of nitrogens with zero attached hydrogens (tertiary/aromatic N) is 3. The third-order valence-electron chi connectivity index (χ3n) is 3.69. The zero-order chi connectivity index (χ0) is 13.8. The van der Waals surface area contributed by atoms with Crippen LogP contribution in [0.25, 0.3) is 0 Å². The summed E-state index contributed by atoms with van der Waals surface area (Å²) in [4.78, 5) is 6.52. The van der Waals surface area contributed by atoms with Crippen LogP contribution in [0.1, 0.15) is 18.4 Å². The molecule has 3 rings (SSSR count). The summed E-state index contributed by atoms with van der Waals surface area (Å²) in [5.41, 5.74) is 0.589. The van der Waals surface area contributed by atoms with Gasteiger partial charge in [0.25, 0.3) is 0 Å². The fourth-order valence-corrected chi connectivity index (χ4v) is 2.32. The van der Waals surface area contributed by atoms with Gasteiger partial charge in [0, 0.05) is 25.9 Å². The van der Waals surface area contributed by atoms with Gasteiger partial charge in [0.05, 0.1) is 24.9 Å². The average Bonchev–Trinajstić information content (AvgIpc) is 3.32. The highest BCUT2D eigenvalue weighted by Crippen LogP contribution is 2.28. The summed E-state index contributed by atoms with van der Waals surface area (Å²) in [6, 6.07) is 5.78. The van der Waals surface area contributed by atoms with E-state index in [2.05, 4.69) is 16.0 Å². The van der Waals surface area contributed by atoms with Crippen molar-refractivity contribution in [3.05, 3.63) is 23.9 Å². The maximum absolute atomic E-state index is 8.79. The largest absolute Gasteiger partial charge is 0.378 e. The Hall–Kier alpha value is -1.64. The van der Waals surface area contributed by atoms with E-state index in [1.165, 1.54) is 12.8 Å². The van der Waals surface area contributed by atoms with Crippen molar-refractivity contribution in [1.29, 1.82) is 5.26 Å². The fraction of sp³-hybridized carbons (Fsp3) is 0.600. The van der Waals surface area contributed by atoms with Crippen LogP contribution >= 0.6 is 0 Å². The number of nitriles is 1. The van der Waals surface area contributed by atoms with Crippen molar-refractivity contribution in [2.45, 2.75) is 18.9 Å². The van der Waals surface area contributed by atoms with E-state index in [-0.39, 0.29) is 6.10 Å². The van der Waals surface area contributed by atoms with Crippen LogP contribution in [-0.2, 0) is 9.47 Å². The third kappa shape index (κ3) is 3.47. The van der Waals surface area contributed by atoms with E-state index >= 15 is 0 Å². The van der Waals surface area contributed by atoms with Crippen molar-refractivity contribution in [3.8, 4) is 6.07 Å². The van der Waals surface area contributed by atoms with E-state index in [0.717, 1.165) is 31.4 Å². The van der Waals surface area contributed by atoms with Crippen LogP contribution in [0, 0.1) is 17.2 Å². The van der Waals surface area contributed by atoms with Gasteiger partial charge in [-0.25, -0.2) is 4.98 Å². The van der Waals surface area contributed by atoms with Gasteiger partial charge >= 0.3 is 0 Å². The minimum atomic E-state index is 0.111. The normalized spacial score (nSPS) is 22.6. The van der Waals surface area contributed by atoms with E-state index in [4.69, 9.17) is 14.7 Å². The highest BCUT2D eigenvalue weighted by Gasteiger charge is 2.24. The fourth-order valence-electron chi connectivity index (χ4n) is 2.32. The molecule has 2 heterocycles. The maximum Gasteiger partial charge on any atom is 0.128 e. The summed E-state index contributed by atoms with van der Waals surface area (Å²) >= 11 is 0. The standard InChI is InChI=1S/C15H19N3O2/c16-7-13-3-4-15(17-8-13)18-5-6-20-14(9-18)11-19-10-12-1-2-12/h3-4,8,12,14H,1-2,5-6,9-11H2. The van der Waals surface area contributed by atoms with Gasteiger partial charge in [0.15, 0.2) is 0 Å². The van der Waals surface area contributed by atoms with Gasteiger partial charge < -0.3 is 14.4 Å². The van der Waals surface area contributed by atoms with Gasteiger partial charge in [-0.1, -0.05) is 0 Å². The Morgan fingerprint density at radius 2 is 2.30 bits per heavy atom. The molecule has 1 aromatic heterocycles. The first-order valence-electron chi connectivity index (χ1n) is 7.15. The van der Waals surface area contributed by atoms with Gasteiger partial charge in [-0.15, -0.1) is 0 Å². The van der Waals surface area contributed by atoms with Crippen LogP contribution in [-0.4, -0.2) is 44.0 Å². The predicted octanol–water partition coefficient (Wildman–Crippen LogP) is 1.59. The Morgan fingerprint density at radius 3 is 3.00 bits per heavy atom. The molecule has 1 aliphatic carbocycles. The molecule has 2 aliphatic rings. The molecule has 1 saturated heterocycles. The smallest absolute Gasteiger partial charge is 0.128 e. The third-order valence-corrected chi connectivity index (χ3v) is 3.69. The van der Waals surface area contributed by atoms with E-state index in [1.807, 2.05) is 6.07 Å². The summed E-state index contributed by atoms with van der Waals surface area (Å²) in [7, 11) is 0. The molecule has 5 nitrogen and oxygen atoms in total. The molecular formula is C15H19N3O2. The summed E-state index contributed by atoms with van der Waals surface area (Å²) < 4.78 is 11.4. The molecular weight excluding hydrogens is 254 g/mol. The minimum Gasteiger partial charge on any atom is -0.378 e. The van der Waals surface area contributed by atoms with Crippen molar-refractivity contribution in [2.75, 3.05) is 37.8 Å². The summed E-state index contributed by atoms with van der Waals surface area (Å²) in [5.74, 6) is 1.69. The molecule has 0 N–H and O–H groups in total. The van der Waals surface area contributed by atoms with Gasteiger partial charge in [-0.05, 0) is 30.9 Å². The molecule has 2 fully saturated rings. The second-order valence-corrected chi connectivity index (χ2v) is 5.44. The Balaban J connectivity index is 1.52. The van der Waals surface area contributed by atoms with Crippen LogP contribution in [0.4, 0.5) is 5.82 Å². The number of morpholine rings is 1. The van der Waals surface area contributed by atoms with E-state index < -0.39 is 0 Å². The van der Waals surface area contributed by atoms with Gasteiger partial charge in [-0.2, -0.15) is 5.26 Å². The molecule has 1 unspecified atom stereocenters. The zero-order valence-electron chi connectivity index (χ0n) is 11.5. The second kappa shape index (κ2) is 6.21. The Labute approximate surface area is 119 Å². The van der Waals surface area contributed by atoms with Gasteiger partial charge in [0.1, 0.15) is 11.9 Å². The molecule has 0 aromatic carbocycles. The first kappa shape index (κ1) is 13.3. The number of ether oxygens (including phenoxy) is 2. The van der Waals surface area contributed by atoms with Crippen LogP contribution in [0.2, 0.25) is 0 Å². The van der Waals surface area contributed by atoms with Crippen molar-refractivity contribution >= 4 is 5.82 Å². The lowest BCUT2D eigenvalue weighted by atomic mass is 10.2. The van der Waals surface area contributed by atoms with Crippen LogP contribution in [0.5, 0.6) is 0 Å². The molecule has 1 atom stereocenters. The quantitative estimate of drug-likeness (QED) is 0.815. The highest BCUT2D eigenvalue weighted by atomic mass is 16.5. The first-order chi connectivity index (χ1) is 9.85. The van der Waals surface area contributed by atoms with Crippen molar-refractivity contribution < 1.29 is 9.47 Å². The van der Waals surface area contributed by atoms with Gasteiger partial charge in [-0.3, -0.25) is 0 Å². The first-order valence-corrected chi connectivity index (χ1v) is 7.15. The summed E-state index contributed by atoms with van der Waals surface area (Å²) in [6.45, 7) is 3.85. The topological polar surface area (TPSA) is 58.4 Å². The maximum atomic E-state index is 8.79. The lowest BCUT2D eigenvalue weighted by molar-refractivity contribution is -0.0259. The number of aromatic nitrogens is 1. The van der Waals surface area contributed by atoms with Crippen molar-refractivity contribution in [1.82, 2.24) is 4.98 Å². The van der Waals surface area contributed by atoms with Crippen molar-refractivity contribution in [3.63, 3.8) is 0 Å². The molecule has 1 aliphatic heterocycles. The lowest BCUT2D eigenvalue weighted by Crippen LogP contribution is -2.45. The molecule has 20 heavy (non-hydrogen) atoms. The molecule has 1 aromatic rings. The number of rotatable bonds is 5. The van der Waals surface area contributed by atoms with Crippen LogP contribution < -0.4 is 4.90 Å². The Morgan fingerprint density at radius 1 is 1.40 bits per heavy atom. The summed E-state index contributed by atoms with van der Waals surface area (Å²) in [6.07, 6.45) is 4.35. The number of pyridine rings is 1. The molecule has 1 saturated carbocycles. The van der Waals surface area contributed by atoms with E-state index in [0.29, 0.717) is 18.8 Å². The Bertz CT molecular complexity index is 479. The van der Waals surface area contributed by atoms with E-state index in [9.17, 15) is 0 Å². The molecule has 0 bridgehead atoms. The Kier molecular flexibility index (Phi) is 4.14. The lowest BCUT2D eigenvalue weighted by Gasteiger charge is -2.33. The molecule has 106 valence electrons. The summed E-state index contributed by atoms with van der Waals surface area (Å²) in [5, 5.41) is 8.79. The monoisotopic (exact) mass is 273 g/mol. The highest BCUT2D eigenvalue weighted by molar-refractivity contribution is 5.42. The zero-order valence-corrected chi connectivity index (χ0v) is 11.5. The predicted molar refractivity (Wildman–Crippen MR) is 74.4 cm³/mol. The molecule has 0 radical (unpaired) electrons. The second-order valence-electron chi connectivity index (χ2n) is 5.44. The van der Waals surface area contributed by atoms with Gasteiger partial charge in [0.2, 0.25) is 0 Å². The van der Waals surface area contributed by atoms with E-state index in [1.54, 1.807) is 12.3 Å². The number of hydrogen-bond acceptors (Lipinski definition) is 5. The van der Waals surface area contributed by atoms with Crippen molar-refractivity contribution in [2.24, 2.45) is 5.92 Å². The number of hydrogen-bond donors (Lipinski definition) is 0. The van der Waals surface area contributed by atoms with Crippen LogP contribution in [0.3, 0.4) is 0 Å². The minimum absolute atomic E-state index is 0.111. The SMILES string of the molecule is N#Cc1ccc(N2CCOC(COCC3CC3)C2)nc1. The number of anilines is 1. The molecule has 0 amide bonds. The average molecular weight is 273 g/mol. The molecule has 5 heteroatoms. The molecule has 0 spiro atoms. The van der Waals surface area contributed by atoms with Crippen LogP contribution in [0.15, 0.2) is 18.3 Å².